The molecule has 1 unspecified atom stereocenters. The van der Waals surface area contributed by atoms with Crippen molar-refractivity contribution in [2.45, 2.75) is 43.5 Å². The lowest BCUT2D eigenvalue weighted by Crippen LogP contribution is -2.43. The van der Waals surface area contributed by atoms with Crippen molar-refractivity contribution in [1.82, 2.24) is 10.2 Å². The molecule has 0 bridgehead atoms. The van der Waals surface area contributed by atoms with Crippen LogP contribution in [0.1, 0.15) is 31.2 Å². The molecule has 0 aromatic heterocycles. The van der Waals surface area contributed by atoms with Crippen LogP contribution < -0.4 is 5.32 Å². The van der Waals surface area contributed by atoms with E-state index in [0.29, 0.717) is 6.04 Å². The van der Waals surface area contributed by atoms with Crippen LogP contribution in [0.5, 0.6) is 0 Å². The van der Waals surface area contributed by atoms with Gasteiger partial charge >= 0.3 is 0 Å². The average Bonchev–Trinajstić information content (AvgIpc) is 3.00. The smallest absolute Gasteiger partial charge is 0.123 e. The topological polar surface area (TPSA) is 15.3 Å². The molecular formula is C17H25FN2S. The second-order valence-electron chi connectivity index (χ2n) is 6.22. The van der Waals surface area contributed by atoms with Gasteiger partial charge in [-0.05, 0) is 62.2 Å². The van der Waals surface area contributed by atoms with Gasteiger partial charge in [0.15, 0.2) is 0 Å². The predicted octanol–water partition coefficient (Wildman–Crippen LogP) is 3.28. The lowest BCUT2D eigenvalue weighted by atomic mass is 10.0. The van der Waals surface area contributed by atoms with Crippen LogP contribution in [0.3, 0.4) is 0 Å². The lowest BCUT2D eigenvalue weighted by molar-refractivity contribution is 0.190. The molecule has 1 aromatic carbocycles. The molecule has 2 saturated heterocycles. The Balaban J connectivity index is 1.38. The van der Waals surface area contributed by atoms with E-state index in [1.807, 2.05) is 6.07 Å². The van der Waals surface area contributed by atoms with Gasteiger partial charge in [0.1, 0.15) is 5.82 Å². The first-order chi connectivity index (χ1) is 10.3. The first kappa shape index (κ1) is 15.3. The Hall–Kier alpha value is -0.580. The monoisotopic (exact) mass is 308 g/mol. The molecule has 116 valence electrons. The van der Waals surface area contributed by atoms with Gasteiger partial charge in [-0.2, -0.15) is 11.8 Å². The van der Waals surface area contributed by atoms with Crippen molar-refractivity contribution in [3.8, 4) is 0 Å². The summed E-state index contributed by atoms with van der Waals surface area (Å²) in [6, 6.07) is 7.67. The standard InChI is InChI=1S/C17H25FN2S/c18-15-4-1-3-14(11-15)13-20-8-6-16(7-9-20)19-12-17-5-2-10-21-17/h1,3-4,11,16-17,19H,2,5-10,12-13H2. The summed E-state index contributed by atoms with van der Waals surface area (Å²) in [6.07, 6.45) is 5.21. The SMILES string of the molecule is Fc1cccc(CN2CCC(NCC3CCCS3)CC2)c1. The predicted molar refractivity (Wildman–Crippen MR) is 88.2 cm³/mol. The third kappa shape index (κ3) is 4.70. The Labute approximate surface area is 131 Å². The van der Waals surface area contributed by atoms with Crippen molar-refractivity contribution in [2.75, 3.05) is 25.4 Å². The van der Waals surface area contributed by atoms with E-state index in [9.17, 15) is 4.39 Å². The number of nitrogens with zero attached hydrogens (tertiary/aromatic N) is 1. The number of hydrogen-bond acceptors (Lipinski definition) is 3. The zero-order valence-corrected chi connectivity index (χ0v) is 13.4. The number of likely N-dealkylation sites (tertiary alicyclic amines) is 1. The Morgan fingerprint density at radius 3 is 2.81 bits per heavy atom. The lowest BCUT2D eigenvalue weighted by Gasteiger charge is -2.33. The minimum atomic E-state index is -0.127. The van der Waals surface area contributed by atoms with Crippen LogP contribution in [0.15, 0.2) is 24.3 Å². The molecule has 2 heterocycles. The number of benzene rings is 1. The number of nitrogens with one attached hydrogen (secondary N) is 1. The molecule has 0 aliphatic carbocycles. The number of hydrogen-bond donors (Lipinski definition) is 1. The van der Waals surface area contributed by atoms with Crippen LogP contribution in [0.4, 0.5) is 4.39 Å². The zero-order valence-electron chi connectivity index (χ0n) is 12.6. The van der Waals surface area contributed by atoms with Crippen molar-refractivity contribution < 1.29 is 4.39 Å². The quantitative estimate of drug-likeness (QED) is 0.899. The molecule has 4 heteroatoms. The van der Waals surface area contributed by atoms with Crippen LogP contribution in [0.2, 0.25) is 0 Å². The molecule has 2 aliphatic heterocycles. The second-order valence-corrected chi connectivity index (χ2v) is 7.63. The van der Waals surface area contributed by atoms with Gasteiger partial charge in [0.05, 0.1) is 0 Å². The molecule has 0 radical (unpaired) electrons. The van der Waals surface area contributed by atoms with Gasteiger partial charge in [-0.15, -0.1) is 0 Å². The van der Waals surface area contributed by atoms with Gasteiger partial charge in [-0.3, -0.25) is 4.90 Å². The molecule has 2 nitrogen and oxygen atoms in total. The molecule has 1 N–H and O–H groups in total. The molecule has 2 fully saturated rings. The van der Waals surface area contributed by atoms with Crippen LogP contribution in [0.25, 0.3) is 0 Å². The second kappa shape index (κ2) is 7.61. The summed E-state index contributed by atoms with van der Waals surface area (Å²) >= 11 is 2.13. The molecule has 0 spiro atoms. The molecule has 0 saturated carbocycles. The van der Waals surface area contributed by atoms with E-state index >= 15 is 0 Å². The minimum absolute atomic E-state index is 0.127. The Bertz CT molecular complexity index is 440. The molecule has 21 heavy (non-hydrogen) atoms. The van der Waals surface area contributed by atoms with E-state index < -0.39 is 0 Å². The Kier molecular flexibility index (Phi) is 5.55. The summed E-state index contributed by atoms with van der Waals surface area (Å²) in [5.74, 6) is 1.22. The first-order valence-corrected chi connectivity index (χ1v) is 9.16. The summed E-state index contributed by atoms with van der Waals surface area (Å²) in [7, 11) is 0. The molecule has 3 rings (SSSR count). The number of thioether (sulfide) groups is 1. The highest BCUT2D eigenvalue weighted by Crippen LogP contribution is 2.25. The van der Waals surface area contributed by atoms with Gasteiger partial charge in [-0.25, -0.2) is 4.39 Å². The van der Waals surface area contributed by atoms with Gasteiger partial charge in [0.25, 0.3) is 0 Å². The van der Waals surface area contributed by atoms with Crippen LogP contribution >= 0.6 is 11.8 Å². The first-order valence-electron chi connectivity index (χ1n) is 8.11. The molecular weight excluding hydrogens is 283 g/mol. The third-order valence-electron chi connectivity index (χ3n) is 4.54. The van der Waals surface area contributed by atoms with Gasteiger partial charge in [0.2, 0.25) is 0 Å². The number of halogens is 1. The maximum Gasteiger partial charge on any atom is 0.123 e. The highest BCUT2D eigenvalue weighted by molar-refractivity contribution is 8.00. The summed E-state index contributed by atoms with van der Waals surface area (Å²) in [5, 5.41) is 4.59. The van der Waals surface area contributed by atoms with Crippen LogP contribution in [0, 0.1) is 5.82 Å². The highest BCUT2D eigenvalue weighted by Gasteiger charge is 2.21. The maximum absolute atomic E-state index is 13.2. The minimum Gasteiger partial charge on any atom is -0.313 e. The third-order valence-corrected chi connectivity index (χ3v) is 5.94. The molecule has 0 amide bonds. The van der Waals surface area contributed by atoms with Crippen LogP contribution in [-0.4, -0.2) is 41.6 Å². The van der Waals surface area contributed by atoms with E-state index in [1.165, 1.54) is 44.0 Å². The van der Waals surface area contributed by atoms with E-state index in [0.717, 1.165) is 30.4 Å². The fraction of sp³-hybridized carbons (Fsp3) is 0.647. The normalized spacial score (nSPS) is 24.5. The summed E-state index contributed by atoms with van der Waals surface area (Å²) < 4.78 is 13.2. The maximum atomic E-state index is 13.2. The number of piperidine rings is 1. The van der Waals surface area contributed by atoms with E-state index in [1.54, 1.807) is 12.1 Å². The van der Waals surface area contributed by atoms with Crippen molar-refractivity contribution >= 4 is 11.8 Å². The fourth-order valence-electron chi connectivity index (χ4n) is 3.29. The fourth-order valence-corrected chi connectivity index (χ4v) is 4.51. The van der Waals surface area contributed by atoms with Crippen LogP contribution in [-0.2, 0) is 6.54 Å². The molecule has 2 aliphatic rings. The summed E-state index contributed by atoms with van der Waals surface area (Å²) in [5.41, 5.74) is 1.09. The zero-order chi connectivity index (χ0) is 14.5. The average molecular weight is 308 g/mol. The van der Waals surface area contributed by atoms with Crippen molar-refractivity contribution in [2.24, 2.45) is 0 Å². The Morgan fingerprint density at radius 2 is 2.10 bits per heavy atom. The Morgan fingerprint density at radius 1 is 1.24 bits per heavy atom. The van der Waals surface area contributed by atoms with E-state index in [-0.39, 0.29) is 5.82 Å². The van der Waals surface area contributed by atoms with E-state index in [2.05, 4.69) is 22.0 Å². The van der Waals surface area contributed by atoms with Crippen molar-refractivity contribution in [3.05, 3.63) is 35.6 Å². The van der Waals surface area contributed by atoms with E-state index in [4.69, 9.17) is 0 Å². The van der Waals surface area contributed by atoms with Crippen molar-refractivity contribution in [3.63, 3.8) is 0 Å². The highest BCUT2D eigenvalue weighted by atomic mass is 32.2. The van der Waals surface area contributed by atoms with Gasteiger partial charge in [0, 0.05) is 24.4 Å². The number of rotatable bonds is 5. The largest absolute Gasteiger partial charge is 0.313 e. The van der Waals surface area contributed by atoms with Gasteiger partial charge in [-0.1, -0.05) is 12.1 Å². The molecule has 1 atom stereocenters. The van der Waals surface area contributed by atoms with Crippen molar-refractivity contribution in [1.29, 1.82) is 0 Å². The summed E-state index contributed by atoms with van der Waals surface area (Å²) in [6.45, 7) is 4.29. The summed E-state index contributed by atoms with van der Waals surface area (Å²) in [4.78, 5) is 2.44. The molecule has 1 aromatic rings. The van der Waals surface area contributed by atoms with Gasteiger partial charge < -0.3 is 5.32 Å².